The molecule has 1 rings (SSSR count). The van der Waals surface area contributed by atoms with Crippen molar-refractivity contribution in [2.45, 2.75) is 5.56 Å². The zero-order chi connectivity index (χ0) is 4.41. The zero-order valence-electron chi connectivity index (χ0n) is 2.94. The largest absolute Gasteiger partial charge is 0.272 e. The summed E-state index contributed by atoms with van der Waals surface area (Å²) >= 11 is 5.29. The van der Waals surface area contributed by atoms with E-state index >= 15 is 0 Å². The lowest BCUT2D eigenvalue weighted by atomic mass is 10.7. The number of hydrogen-bond acceptors (Lipinski definition) is 2. The molecule has 0 aromatic carbocycles. The van der Waals surface area contributed by atoms with Gasteiger partial charge in [-0.2, -0.15) is 0 Å². The lowest BCUT2D eigenvalue weighted by Crippen LogP contribution is -2.02. The average Bonchev–Trinajstić information content (AvgIpc) is 1.86. The molecule has 0 fully saturated rings. The van der Waals surface area contributed by atoms with Gasteiger partial charge in [0.1, 0.15) is 0 Å². The summed E-state index contributed by atoms with van der Waals surface area (Å²) in [5.41, 5.74) is 2.01. The molecule has 1 N–H and O–H groups in total. The van der Waals surface area contributed by atoms with Gasteiger partial charge in [-0.15, -0.1) is 0 Å². The fourth-order valence-electron chi connectivity index (χ4n) is 0.227. The van der Waals surface area contributed by atoms with E-state index in [0.29, 0.717) is 0 Å². The molecule has 1 heterocycles. The minimum Gasteiger partial charge on any atom is -0.272 e. The van der Waals surface area contributed by atoms with E-state index in [4.69, 9.17) is 11.6 Å². The quantitative estimate of drug-likeness (QED) is 0.450. The van der Waals surface area contributed by atoms with Crippen LogP contribution in [0.2, 0.25) is 0 Å². The highest BCUT2D eigenvalue weighted by atomic mass is 35.5. The van der Waals surface area contributed by atoms with Crippen LogP contribution in [0, 0.1) is 6.08 Å². The number of alkyl halides is 1. The van der Waals surface area contributed by atoms with Crippen LogP contribution in [0.5, 0.6) is 0 Å². The smallest absolute Gasteiger partial charge is 0.185 e. The van der Waals surface area contributed by atoms with Crippen molar-refractivity contribution in [1.29, 1.82) is 0 Å². The molecule has 2 nitrogen and oxygen atoms in total. The highest BCUT2D eigenvalue weighted by Crippen LogP contribution is 1.99. The minimum absolute atomic E-state index is 0.398. The zero-order valence-corrected chi connectivity index (χ0v) is 3.70. The van der Waals surface area contributed by atoms with Crippen molar-refractivity contribution in [3.8, 4) is 0 Å². The highest BCUT2D eigenvalue weighted by molar-refractivity contribution is 6.20. The third kappa shape index (κ3) is 0.640. The van der Waals surface area contributed by atoms with Crippen LogP contribution in [0.3, 0.4) is 0 Å². The standard InChI is InChI=1S/C3H3ClNO/c4-3-1-2-5-6-3/h2-3,5H. The number of hydroxylamine groups is 1. The molecule has 33 valence electrons. The molecular weight excluding hydrogens is 101 g/mol. The van der Waals surface area contributed by atoms with Crippen molar-refractivity contribution in [2.75, 3.05) is 0 Å². The lowest BCUT2D eigenvalue weighted by molar-refractivity contribution is 0.0897. The number of halogens is 1. The highest BCUT2D eigenvalue weighted by Gasteiger charge is 2.01. The van der Waals surface area contributed by atoms with Gasteiger partial charge in [-0.3, -0.25) is 10.3 Å². The maximum Gasteiger partial charge on any atom is 0.185 e. The Labute approximate surface area is 40.7 Å². The van der Waals surface area contributed by atoms with Crippen molar-refractivity contribution in [2.24, 2.45) is 0 Å². The predicted molar refractivity (Wildman–Crippen MR) is 21.7 cm³/mol. The summed E-state index contributed by atoms with van der Waals surface area (Å²) in [6.45, 7) is 0. The van der Waals surface area contributed by atoms with Gasteiger partial charge in [-0.1, -0.05) is 11.6 Å². The van der Waals surface area contributed by atoms with E-state index in [9.17, 15) is 0 Å². The van der Waals surface area contributed by atoms with E-state index in [1.807, 2.05) is 0 Å². The monoisotopic (exact) mass is 104 g/mol. The van der Waals surface area contributed by atoms with Crippen LogP contribution < -0.4 is 5.48 Å². The van der Waals surface area contributed by atoms with Crippen molar-refractivity contribution in [1.82, 2.24) is 5.48 Å². The minimum atomic E-state index is -0.398. The van der Waals surface area contributed by atoms with Crippen molar-refractivity contribution in [3.05, 3.63) is 12.3 Å². The van der Waals surface area contributed by atoms with Gasteiger partial charge in [-0.05, 0) is 0 Å². The Balaban J connectivity index is 2.38. The lowest BCUT2D eigenvalue weighted by Gasteiger charge is -1.91. The van der Waals surface area contributed by atoms with Crippen LogP contribution in [-0.4, -0.2) is 5.56 Å². The van der Waals surface area contributed by atoms with E-state index < -0.39 is 5.56 Å². The SMILES string of the molecule is ClC1[C]=CNO1. The van der Waals surface area contributed by atoms with Crippen LogP contribution in [0.25, 0.3) is 0 Å². The van der Waals surface area contributed by atoms with Crippen molar-refractivity contribution in [3.63, 3.8) is 0 Å². The van der Waals surface area contributed by atoms with Gasteiger partial charge in [0.2, 0.25) is 0 Å². The van der Waals surface area contributed by atoms with Gasteiger partial charge >= 0.3 is 0 Å². The van der Waals surface area contributed by atoms with E-state index in [-0.39, 0.29) is 0 Å². The Hall–Kier alpha value is -0.210. The van der Waals surface area contributed by atoms with Gasteiger partial charge in [0.05, 0.1) is 0 Å². The van der Waals surface area contributed by atoms with Crippen molar-refractivity contribution < 1.29 is 4.84 Å². The van der Waals surface area contributed by atoms with Gasteiger partial charge in [-0.25, -0.2) is 0 Å². The first-order chi connectivity index (χ1) is 2.89. The molecule has 0 aliphatic carbocycles. The average molecular weight is 105 g/mol. The first kappa shape index (κ1) is 3.96. The second-order valence-corrected chi connectivity index (χ2v) is 1.26. The molecule has 1 radical (unpaired) electrons. The maximum absolute atomic E-state index is 5.29. The summed E-state index contributed by atoms with van der Waals surface area (Å²) in [5.74, 6) is 0. The second-order valence-electron chi connectivity index (χ2n) is 0.863. The van der Waals surface area contributed by atoms with Crippen LogP contribution >= 0.6 is 11.6 Å². The number of nitrogens with one attached hydrogen (secondary N) is 1. The molecule has 0 bridgehead atoms. The molecule has 1 atom stereocenters. The summed E-state index contributed by atoms with van der Waals surface area (Å²) < 4.78 is 0. The molecule has 0 saturated carbocycles. The summed E-state index contributed by atoms with van der Waals surface area (Å²) in [4.78, 5) is 4.50. The predicted octanol–water partition coefficient (Wildman–Crippen LogP) is 0.403. The van der Waals surface area contributed by atoms with Crippen LogP contribution in [0.15, 0.2) is 6.20 Å². The summed E-state index contributed by atoms with van der Waals surface area (Å²) in [7, 11) is 0. The van der Waals surface area contributed by atoms with E-state index in [2.05, 4.69) is 16.4 Å². The molecule has 0 aromatic rings. The Morgan fingerprint density at radius 2 is 2.83 bits per heavy atom. The van der Waals surface area contributed by atoms with Gasteiger partial charge in [0.25, 0.3) is 0 Å². The molecule has 1 unspecified atom stereocenters. The van der Waals surface area contributed by atoms with Gasteiger partial charge < -0.3 is 0 Å². The first-order valence-corrected chi connectivity index (χ1v) is 1.96. The van der Waals surface area contributed by atoms with E-state index in [1.54, 1.807) is 0 Å². The summed E-state index contributed by atoms with van der Waals surface area (Å²) in [5, 5.41) is 0. The van der Waals surface area contributed by atoms with Crippen LogP contribution in [0.1, 0.15) is 0 Å². The fraction of sp³-hybridized carbons (Fsp3) is 0.333. The third-order valence-corrected chi connectivity index (χ3v) is 0.660. The molecule has 6 heavy (non-hydrogen) atoms. The fourth-order valence-corrected chi connectivity index (χ4v) is 0.342. The maximum atomic E-state index is 5.29. The van der Waals surface area contributed by atoms with Crippen LogP contribution in [0.4, 0.5) is 0 Å². The van der Waals surface area contributed by atoms with Gasteiger partial charge in [0.15, 0.2) is 5.56 Å². The second kappa shape index (κ2) is 1.49. The first-order valence-electron chi connectivity index (χ1n) is 1.52. The van der Waals surface area contributed by atoms with Gasteiger partial charge in [0, 0.05) is 12.3 Å². The van der Waals surface area contributed by atoms with E-state index in [0.717, 1.165) is 0 Å². The van der Waals surface area contributed by atoms with Crippen LogP contribution in [-0.2, 0) is 4.84 Å². The Bertz CT molecular complexity index is 73.2. The summed E-state index contributed by atoms with van der Waals surface area (Å²) in [6.07, 6.45) is 4.15. The Kier molecular flexibility index (Phi) is 0.986. The van der Waals surface area contributed by atoms with E-state index in [1.165, 1.54) is 6.20 Å². The Morgan fingerprint density at radius 3 is 3.00 bits per heavy atom. The molecule has 0 aromatic heterocycles. The molecular formula is C3H3ClNO. The number of rotatable bonds is 0. The molecule has 3 heteroatoms. The number of hydrogen-bond donors (Lipinski definition) is 1. The summed E-state index contributed by atoms with van der Waals surface area (Å²) in [6, 6.07) is 0. The third-order valence-electron chi connectivity index (χ3n) is 0.445. The molecule has 1 aliphatic heterocycles. The normalized spacial score (nSPS) is 30.5. The molecule has 0 saturated heterocycles. The topological polar surface area (TPSA) is 21.3 Å². The molecule has 0 spiro atoms. The van der Waals surface area contributed by atoms with Crippen molar-refractivity contribution >= 4 is 11.6 Å². The Morgan fingerprint density at radius 1 is 2.00 bits per heavy atom. The molecule has 0 amide bonds. The molecule has 1 aliphatic rings.